The maximum Gasteiger partial charge on any atom is 0.250 e. The lowest BCUT2D eigenvalue weighted by molar-refractivity contribution is -0.126. The summed E-state index contributed by atoms with van der Waals surface area (Å²) in [6.45, 7) is 6.37. The summed E-state index contributed by atoms with van der Waals surface area (Å²) < 4.78 is 16.0. The molecule has 9 heteroatoms. The number of fused-ring (bicyclic) bond motifs is 3. The highest BCUT2D eigenvalue weighted by Gasteiger charge is 2.35. The molecule has 1 aromatic heterocycles. The second-order valence-corrected chi connectivity index (χ2v) is 12.8. The van der Waals surface area contributed by atoms with E-state index in [1.54, 1.807) is 16.7 Å². The molecule has 2 amide bonds. The van der Waals surface area contributed by atoms with E-state index in [1.165, 1.54) is 12.1 Å². The van der Waals surface area contributed by atoms with E-state index in [9.17, 15) is 18.8 Å². The fourth-order valence-electron chi connectivity index (χ4n) is 6.72. The van der Waals surface area contributed by atoms with E-state index in [2.05, 4.69) is 29.8 Å². The molecule has 41 heavy (non-hydrogen) atoms. The van der Waals surface area contributed by atoms with Crippen molar-refractivity contribution < 1.29 is 18.8 Å². The summed E-state index contributed by atoms with van der Waals surface area (Å²) >= 11 is 0. The fourth-order valence-corrected chi connectivity index (χ4v) is 6.72. The Kier molecular flexibility index (Phi) is 7.09. The molecule has 1 saturated heterocycles. The minimum Gasteiger partial charge on any atom is -0.382 e. The van der Waals surface area contributed by atoms with E-state index in [-0.39, 0.29) is 35.0 Å². The van der Waals surface area contributed by atoms with Crippen molar-refractivity contribution in [2.24, 2.45) is 23.0 Å². The average Bonchev–Trinajstić information content (AvgIpc) is 3.19. The molecule has 0 radical (unpaired) electrons. The number of halogens is 1. The largest absolute Gasteiger partial charge is 0.382 e. The first-order valence-electron chi connectivity index (χ1n) is 14.6. The molecule has 3 aliphatic rings. The molecule has 216 valence electrons. The number of rotatable bonds is 7. The Morgan fingerprint density at radius 3 is 2.51 bits per heavy atom. The molecule has 2 aliphatic heterocycles. The minimum absolute atomic E-state index is 0.0393. The molecular weight excluding hydrogens is 521 g/mol. The predicted octanol–water partition coefficient (Wildman–Crippen LogP) is 4.47. The quantitative estimate of drug-likeness (QED) is 0.341. The number of carbonyl (C=O) groups excluding carboxylic acids is 3. The van der Waals surface area contributed by atoms with Crippen LogP contribution in [0.5, 0.6) is 0 Å². The number of hydrogen-bond donors (Lipinski definition) is 4. The molecule has 6 rings (SSSR count). The van der Waals surface area contributed by atoms with Gasteiger partial charge in [-0.25, -0.2) is 4.39 Å². The SMILES string of the molecule is CC1(C)CC(=O)n2c(c(-c3ccc(C(N)=O)c(NC4CCC(CNC(=O)C5CNC5)CC4)c3)c3ccc(F)cc32)C1. The molecular formula is C32H38FN5O3. The second-order valence-electron chi connectivity index (χ2n) is 12.8. The van der Waals surface area contributed by atoms with E-state index in [0.29, 0.717) is 42.1 Å². The van der Waals surface area contributed by atoms with Crippen LogP contribution in [0.2, 0.25) is 0 Å². The molecule has 5 N–H and O–H groups in total. The summed E-state index contributed by atoms with van der Waals surface area (Å²) in [5.74, 6) is -0.263. The topological polar surface area (TPSA) is 118 Å². The highest BCUT2D eigenvalue weighted by atomic mass is 19.1. The molecule has 1 aliphatic carbocycles. The maximum absolute atomic E-state index is 14.3. The van der Waals surface area contributed by atoms with E-state index >= 15 is 0 Å². The zero-order valence-corrected chi connectivity index (χ0v) is 23.7. The number of primary amides is 1. The molecule has 3 heterocycles. The Morgan fingerprint density at radius 1 is 1.07 bits per heavy atom. The number of nitrogens with zero attached hydrogens (tertiary/aromatic N) is 1. The molecule has 8 nitrogen and oxygen atoms in total. The van der Waals surface area contributed by atoms with Gasteiger partial charge < -0.3 is 21.7 Å². The normalized spacial score (nSPS) is 22.2. The number of carbonyl (C=O) groups is 3. The second kappa shape index (κ2) is 10.6. The highest BCUT2D eigenvalue weighted by Crippen LogP contribution is 2.43. The van der Waals surface area contributed by atoms with Crippen LogP contribution >= 0.6 is 0 Å². The van der Waals surface area contributed by atoms with Gasteiger partial charge in [-0.05, 0) is 79.3 Å². The molecule has 0 unspecified atom stereocenters. The van der Waals surface area contributed by atoms with Crippen LogP contribution in [0.15, 0.2) is 36.4 Å². The molecule has 2 aromatic carbocycles. The van der Waals surface area contributed by atoms with Crippen molar-refractivity contribution in [1.29, 1.82) is 0 Å². The molecule has 0 spiro atoms. The van der Waals surface area contributed by atoms with Crippen LogP contribution in [-0.4, -0.2) is 48.0 Å². The first-order valence-corrected chi connectivity index (χ1v) is 14.6. The predicted molar refractivity (Wildman–Crippen MR) is 157 cm³/mol. The van der Waals surface area contributed by atoms with Gasteiger partial charge in [-0.2, -0.15) is 0 Å². The van der Waals surface area contributed by atoms with Crippen molar-refractivity contribution in [3.05, 3.63) is 53.5 Å². The lowest BCUT2D eigenvalue weighted by Gasteiger charge is -2.32. The Labute approximate surface area is 239 Å². The summed E-state index contributed by atoms with van der Waals surface area (Å²) in [6.07, 6.45) is 4.85. The van der Waals surface area contributed by atoms with Crippen LogP contribution in [0.25, 0.3) is 22.0 Å². The van der Waals surface area contributed by atoms with Crippen molar-refractivity contribution in [2.75, 3.05) is 25.0 Å². The number of aromatic nitrogens is 1. The number of benzene rings is 2. The van der Waals surface area contributed by atoms with E-state index < -0.39 is 5.91 Å². The van der Waals surface area contributed by atoms with Crippen molar-refractivity contribution in [3.63, 3.8) is 0 Å². The monoisotopic (exact) mass is 559 g/mol. The zero-order chi connectivity index (χ0) is 28.9. The first-order chi connectivity index (χ1) is 19.6. The summed E-state index contributed by atoms with van der Waals surface area (Å²) in [5.41, 5.74) is 9.82. The molecule has 2 fully saturated rings. The summed E-state index contributed by atoms with van der Waals surface area (Å²) in [6, 6.07) is 10.3. The van der Waals surface area contributed by atoms with Crippen LogP contribution < -0.4 is 21.7 Å². The number of anilines is 1. The van der Waals surface area contributed by atoms with Crippen molar-refractivity contribution in [1.82, 2.24) is 15.2 Å². The average molecular weight is 560 g/mol. The van der Waals surface area contributed by atoms with Gasteiger partial charge in [-0.15, -0.1) is 0 Å². The van der Waals surface area contributed by atoms with Crippen molar-refractivity contribution >= 4 is 34.3 Å². The standard InChI is InChI=1S/C32H38FN5O3/c1-32(2)13-27-29(24-10-6-21(33)12-26(24)38(27)28(39)14-32)19-5-9-23(30(34)40)25(11-19)37-22-7-3-18(4-8-22)15-36-31(41)20-16-35-17-20/h5-6,9-12,18,20,22,35,37H,3-4,7-8,13-17H2,1-2H3,(H2,34,40)(H,36,41). The van der Waals surface area contributed by atoms with Crippen LogP contribution in [0, 0.1) is 23.1 Å². The van der Waals surface area contributed by atoms with Gasteiger partial charge in [0.15, 0.2) is 0 Å². The minimum atomic E-state index is -0.511. The third-order valence-corrected chi connectivity index (χ3v) is 9.05. The lowest BCUT2D eigenvalue weighted by Crippen LogP contribution is -2.51. The highest BCUT2D eigenvalue weighted by molar-refractivity contribution is 6.06. The fraction of sp³-hybridized carbons (Fsp3) is 0.469. The van der Waals surface area contributed by atoms with E-state index in [1.807, 2.05) is 12.1 Å². The lowest BCUT2D eigenvalue weighted by atomic mass is 9.80. The van der Waals surface area contributed by atoms with Crippen LogP contribution in [0.3, 0.4) is 0 Å². The summed E-state index contributed by atoms with van der Waals surface area (Å²) in [5, 5.41) is 10.6. The third kappa shape index (κ3) is 5.35. The summed E-state index contributed by atoms with van der Waals surface area (Å²) in [4.78, 5) is 37.9. The van der Waals surface area contributed by atoms with Gasteiger partial charge >= 0.3 is 0 Å². The molecule has 3 aromatic rings. The van der Waals surface area contributed by atoms with Crippen molar-refractivity contribution in [2.45, 2.75) is 58.4 Å². The zero-order valence-electron chi connectivity index (χ0n) is 23.7. The van der Waals surface area contributed by atoms with Gasteiger partial charge in [0, 0.05) is 54.4 Å². The molecule has 0 atom stereocenters. The Hall–Kier alpha value is -3.72. The van der Waals surface area contributed by atoms with Gasteiger partial charge in [0.05, 0.1) is 17.0 Å². The molecule has 1 saturated carbocycles. The summed E-state index contributed by atoms with van der Waals surface area (Å²) in [7, 11) is 0. The third-order valence-electron chi connectivity index (χ3n) is 9.05. The Balaban J connectivity index is 1.27. The van der Waals surface area contributed by atoms with Crippen LogP contribution in [-0.2, 0) is 11.2 Å². The van der Waals surface area contributed by atoms with Gasteiger partial charge in [0.25, 0.3) is 5.91 Å². The Morgan fingerprint density at radius 2 is 1.83 bits per heavy atom. The van der Waals surface area contributed by atoms with Gasteiger partial charge in [-0.3, -0.25) is 19.0 Å². The smallest absolute Gasteiger partial charge is 0.250 e. The van der Waals surface area contributed by atoms with Crippen LogP contribution in [0.4, 0.5) is 10.1 Å². The van der Waals surface area contributed by atoms with Gasteiger partial charge in [-0.1, -0.05) is 19.9 Å². The number of nitrogens with two attached hydrogens (primary N) is 1. The van der Waals surface area contributed by atoms with Crippen LogP contribution in [0.1, 0.15) is 66.8 Å². The molecule has 0 bridgehead atoms. The van der Waals surface area contributed by atoms with E-state index in [0.717, 1.165) is 61.0 Å². The number of hydrogen-bond acceptors (Lipinski definition) is 5. The number of nitrogens with one attached hydrogen (secondary N) is 3. The number of amides is 2. The van der Waals surface area contributed by atoms with Gasteiger partial charge in [0.2, 0.25) is 11.8 Å². The maximum atomic E-state index is 14.3. The first kappa shape index (κ1) is 27.4. The Bertz CT molecular complexity index is 1530. The van der Waals surface area contributed by atoms with E-state index in [4.69, 9.17) is 5.73 Å². The van der Waals surface area contributed by atoms with Crippen molar-refractivity contribution in [3.8, 4) is 11.1 Å². The van der Waals surface area contributed by atoms with Gasteiger partial charge in [0.1, 0.15) is 5.82 Å².